The minimum Gasteiger partial charge on any atom is -0.454 e. The van der Waals surface area contributed by atoms with Gasteiger partial charge in [0.15, 0.2) is 0 Å². The molecule has 5 nitrogen and oxygen atoms in total. The molecule has 0 unspecified atom stereocenters. The number of carbonyl (C=O) groups is 1. The fraction of sp³-hybridized carbons (Fsp3) is 0.278. The first-order chi connectivity index (χ1) is 12.1. The molecular formula is C18H15FN2O3S. The molecule has 3 aromatic rings. The minimum atomic E-state index is -0.590. The SMILES string of the molecule is O=C(OCc1nc2sc3c(c2c(=O)[nH]1)CCCC3)c1ccc(F)cc1. The van der Waals surface area contributed by atoms with Crippen LogP contribution in [0.25, 0.3) is 10.2 Å². The van der Waals surface area contributed by atoms with Crippen LogP contribution < -0.4 is 5.56 Å². The van der Waals surface area contributed by atoms with E-state index in [4.69, 9.17) is 4.74 Å². The van der Waals surface area contributed by atoms with Crippen LogP contribution in [-0.4, -0.2) is 15.9 Å². The smallest absolute Gasteiger partial charge is 0.338 e. The Hall–Kier alpha value is -2.54. The topological polar surface area (TPSA) is 72.0 Å². The van der Waals surface area contributed by atoms with E-state index in [1.54, 1.807) is 11.3 Å². The number of aromatic amines is 1. The summed E-state index contributed by atoms with van der Waals surface area (Å²) < 4.78 is 18.1. The number of benzene rings is 1. The van der Waals surface area contributed by atoms with Gasteiger partial charge in [-0.15, -0.1) is 11.3 Å². The van der Waals surface area contributed by atoms with Crippen molar-refractivity contribution in [1.29, 1.82) is 0 Å². The number of hydrogen-bond donors (Lipinski definition) is 1. The van der Waals surface area contributed by atoms with E-state index in [2.05, 4.69) is 9.97 Å². The molecule has 128 valence electrons. The van der Waals surface area contributed by atoms with E-state index in [-0.39, 0.29) is 17.7 Å². The van der Waals surface area contributed by atoms with Crippen LogP contribution >= 0.6 is 11.3 Å². The molecule has 0 amide bonds. The highest BCUT2D eigenvalue weighted by Crippen LogP contribution is 2.33. The molecule has 1 aliphatic rings. The van der Waals surface area contributed by atoms with Crippen LogP contribution in [0.2, 0.25) is 0 Å². The molecule has 7 heteroatoms. The third-order valence-corrected chi connectivity index (χ3v) is 5.48. The number of thiophene rings is 1. The number of halogens is 1. The molecule has 25 heavy (non-hydrogen) atoms. The third-order valence-electron chi connectivity index (χ3n) is 4.29. The highest BCUT2D eigenvalue weighted by atomic mass is 32.1. The molecule has 0 radical (unpaired) electrons. The number of ether oxygens (including phenoxy) is 1. The monoisotopic (exact) mass is 358 g/mol. The molecule has 0 saturated carbocycles. The van der Waals surface area contributed by atoms with Crippen molar-refractivity contribution in [3.8, 4) is 0 Å². The van der Waals surface area contributed by atoms with Crippen molar-refractivity contribution in [2.45, 2.75) is 32.3 Å². The summed E-state index contributed by atoms with van der Waals surface area (Å²) in [5.74, 6) is -0.700. The van der Waals surface area contributed by atoms with Gasteiger partial charge >= 0.3 is 5.97 Å². The predicted molar refractivity (Wildman–Crippen MR) is 92.4 cm³/mol. The lowest BCUT2D eigenvalue weighted by molar-refractivity contribution is 0.0462. The number of hydrogen-bond acceptors (Lipinski definition) is 5. The van der Waals surface area contributed by atoms with Gasteiger partial charge in [-0.25, -0.2) is 14.2 Å². The Morgan fingerprint density at radius 3 is 2.80 bits per heavy atom. The van der Waals surface area contributed by atoms with Gasteiger partial charge in [-0.3, -0.25) is 4.79 Å². The number of nitrogens with zero attached hydrogens (tertiary/aromatic N) is 1. The summed E-state index contributed by atoms with van der Waals surface area (Å²) >= 11 is 1.55. The maximum Gasteiger partial charge on any atom is 0.338 e. The minimum absolute atomic E-state index is 0.135. The van der Waals surface area contributed by atoms with E-state index in [0.29, 0.717) is 16.0 Å². The van der Waals surface area contributed by atoms with Gasteiger partial charge in [-0.05, 0) is 55.5 Å². The largest absolute Gasteiger partial charge is 0.454 e. The standard InChI is InChI=1S/C18H15FN2O3S/c19-11-7-5-10(6-8-11)18(23)24-9-14-20-16(22)15-12-3-1-2-4-13(12)25-17(15)21-14/h5-8H,1-4,9H2,(H,20,21,22). The summed E-state index contributed by atoms with van der Waals surface area (Å²) in [7, 11) is 0. The van der Waals surface area contributed by atoms with Gasteiger partial charge in [-0.1, -0.05) is 0 Å². The molecule has 2 heterocycles. The van der Waals surface area contributed by atoms with Crippen LogP contribution in [0.3, 0.4) is 0 Å². The Morgan fingerprint density at radius 2 is 2.00 bits per heavy atom. The number of carbonyl (C=O) groups excluding carboxylic acids is 1. The molecule has 4 rings (SSSR count). The molecule has 0 spiro atoms. The second-order valence-corrected chi connectivity index (χ2v) is 7.07. The van der Waals surface area contributed by atoms with Gasteiger partial charge in [0.2, 0.25) is 0 Å². The average Bonchev–Trinajstić information content (AvgIpc) is 2.99. The number of esters is 1. The molecule has 0 fully saturated rings. The fourth-order valence-electron chi connectivity index (χ4n) is 3.08. The number of fused-ring (bicyclic) bond motifs is 3. The molecule has 0 bridgehead atoms. The van der Waals surface area contributed by atoms with E-state index in [0.717, 1.165) is 31.2 Å². The van der Waals surface area contributed by atoms with Gasteiger partial charge in [0, 0.05) is 4.88 Å². The summed E-state index contributed by atoms with van der Waals surface area (Å²) in [6.45, 7) is -0.135. The Balaban J connectivity index is 1.57. The lowest BCUT2D eigenvalue weighted by Gasteiger charge is -2.09. The number of rotatable bonds is 3. The summed E-state index contributed by atoms with van der Waals surface area (Å²) in [5.41, 5.74) is 1.18. The maximum absolute atomic E-state index is 12.9. The van der Waals surface area contributed by atoms with E-state index in [1.807, 2.05) is 0 Å². The van der Waals surface area contributed by atoms with Crippen molar-refractivity contribution in [2.75, 3.05) is 0 Å². The number of nitrogens with one attached hydrogen (secondary N) is 1. The molecule has 2 aromatic heterocycles. The average molecular weight is 358 g/mol. The third kappa shape index (κ3) is 3.07. The molecule has 1 N–H and O–H groups in total. The van der Waals surface area contributed by atoms with E-state index >= 15 is 0 Å². The Kier molecular flexibility index (Phi) is 4.09. The molecule has 1 aliphatic carbocycles. The summed E-state index contributed by atoms with van der Waals surface area (Å²) in [5, 5.41) is 0.674. The first-order valence-corrected chi connectivity index (χ1v) is 8.89. The molecular weight excluding hydrogens is 343 g/mol. The Bertz CT molecular complexity index is 1010. The lowest BCUT2D eigenvalue weighted by atomic mass is 9.97. The van der Waals surface area contributed by atoms with Crippen LogP contribution in [0.15, 0.2) is 29.1 Å². The van der Waals surface area contributed by atoms with Crippen LogP contribution in [0.1, 0.15) is 39.5 Å². The second-order valence-electron chi connectivity index (χ2n) is 5.99. The zero-order valence-corrected chi connectivity index (χ0v) is 14.1. The highest BCUT2D eigenvalue weighted by Gasteiger charge is 2.20. The molecule has 1 aromatic carbocycles. The predicted octanol–water partition coefficient (Wildman–Crippen LogP) is 3.36. The van der Waals surface area contributed by atoms with Crippen molar-refractivity contribution >= 4 is 27.5 Å². The van der Waals surface area contributed by atoms with Crippen molar-refractivity contribution in [1.82, 2.24) is 9.97 Å². The number of aryl methyl sites for hydroxylation is 2. The number of H-pyrrole nitrogens is 1. The maximum atomic E-state index is 12.9. The Morgan fingerprint density at radius 1 is 1.24 bits per heavy atom. The van der Waals surface area contributed by atoms with Gasteiger partial charge < -0.3 is 9.72 Å². The van der Waals surface area contributed by atoms with Gasteiger partial charge in [0.25, 0.3) is 5.56 Å². The second kappa shape index (κ2) is 6.40. The Labute approximate surface area is 146 Å². The van der Waals surface area contributed by atoms with Gasteiger partial charge in [-0.2, -0.15) is 0 Å². The first-order valence-electron chi connectivity index (χ1n) is 8.08. The molecule has 0 aliphatic heterocycles. The van der Waals surface area contributed by atoms with Crippen molar-refractivity contribution < 1.29 is 13.9 Å². The zero-order chi connectivity index (χ0) is 17.4. The lowest BCUT2D eigenvalue weighted by Crippen LogP contribution is -2.15. The van der Waals surface area contributed by atoms with Crippen LogP contribution in [0.4, 0.5) is 4.39 Å². The van der Waals surface area contributed by atoms with E-state index in [9.17, 15) is 14.0 Å². The number of aromatic nitrogens is 2. The van der Waals surface area contributed by atoms with Crippen LogP contribution in [0, 0.1) is 5.82 Å². The van der Waals surface area contributed by atoms with Gasteiger partial charge in [0.1, 0.15) is 23.1 Å². The van der Waals surface area contributed by atoms with E-state index < -0.39 is 11.8 Å². The normalized spacial score (nSPS) is 13.6. The first kappa shape index (κ1) is 16.0. The zero-order valence-electron chi connectivity index (χ0n) is 13.3. The van der Waals surface area contributed by atoms with Crippen LogP contribution in [-0.2, 0) is 24.2 Å². The van der Waals surface area contributed by atoms with Crippen molar-refractivity contribution in [3.05, 3.63) is 62.3 Å². The quantitative estimate of drug-likeness (QED) is 0.729. The molecule has 0 saturated heterocycles. The fourth-order valence-corrected chi connectivity index (χ4v) is 4.36. The molecule has 0 atom stereocenters. The summed E-state index contributed by atoms with van der Waals surface area (Å²) in [6, 6.07) is 5.09. The van der Waals surface area contributed by atoms with Crippen molar-refractivity contribution in [3.63, 3.8) is 0 Å². The highest BCUT2D eigenvalue weighted by molar-refractivity contribution is 7.18. The summed E-state index contributed by atoms with van der Waals surface area (Å²) in [4.78, 5) is 33.5. The van der Waals surface area contributed by atoms with E-state index in [1.165, 1.54) is 29.1 Å². The van der Waals surface area contributed by atoms with Gasteiger partial charge in [0.05, 0.1) is 10.9 Å². The van der Waals surface area contributed by atoms with Crippen molar-refractivity contribution in [2.24, 2.45) is 0 Å². The summed E-state index contributed by atoms with van der Waals surface area (Å²) in [6.07, 6.45) is 4.14. The van der Waals surface area contributed by atoms with Crippen LogP contribution in [0.5, 0.6) is 0 Å².